The largest absolute Gasteiger partial charge is 0.319 e. The SMILES string of the molecule is CCCCc1ccc2c(c1)sc(=NC(=O)c1cc([N+](=O)[O-])cc([N+](=O)[O-])c1)n2C. The first-order valence-corrected chi connectivity index (χ1v) is 9.73. The molecule has 150 valence electrons. The number of rotatable bonds is 6. The Labute approximate surface area is 169 Å². The number of amides is 1. The van der Waals surface area contributed by atoms with Crippen molar-refractivity contribution in [3.63, 3.8) is 0 Å². The molecule has 0 N–H and O–H groups in total. The molecule has 0 saturated carbocycles. The van der Waals surface area contributed by atoms with Gasteiger partial charge in [0.05, 0.1) is 31.7 Å². The molecule has 2 aromatic carbocycles. The first-order chi connectivity index (χ1) is 13.8. The fourth-order valence-electron chi connectivity index (χ4n) is 2.90. The molecule has 1 heterocycles. The highest BCUT2D eigenvalue weighted by Crippen LogP contribution is 2.24. The lowest BCUT2D eigenvalue weighted by Crippen LogP contribution is -2.13. The van der Waals surface area contributed by atoms with Crippen molar-refractivity contribution in [3.05, 3.63) is 72.6 Å². The molecule has 1 amide bonds. The maximum absolute atomic E-state index is 12.6. The number of nitrogens with zero attached hydrogens (tertiary/aromatic N) is 4. The Hall–Kier alpha value is -3.40. The van der Waals surface area contributed by atoms with Gasteiger partial charge in [0.2, 0.25) is 0 Å². The lowest BCUT2D eigenvalue weighted by molar-refractivity contribution is -0.394. The number of carbonyl (C=O) groups is 1. The molecule has 0 atom stereocenters. The average Bonchev–Trinajstić information content (AvgIpc) is 3.00. The van der Waals surface area contributed by atoms with Gasteiger partial charge in [0.1, 0.15) is 0 Å². The van der Waals surface area contributed by atoms with Crippen molar-refractivity contribution in [1.29, 1.82) is 0 Å². The zero-order valence-corrected chi connectivity index (χ0v) is 16.6. The topological polar surface area (TPSA) is 121 Å². The number of carbonyl (C=O) groups excluding carboxylic acids is 1. The number of aryl methyl sites for hydroxylation is 2. The van der Waals surface area contributed by atoms with E-state index in [2.05, 4.69) is 18.0 Å². The van der Waals surface area contributed by atoms with Crippen molar-refractivity contribution in [2.45, 2.75) is 26.2 Å². The number of hydrogen-bond donors (Lipinski definition) is 0. The van der Waals surface area contributed by atoms with Crippen LogP contribution in [-0.4, -0.2) is 20.3 Å². The van der Waals surface area contributed by atoms with E-state index in [-0.39, 0.29) is 5.56 Å². The van der Waals surface area contributed by atoms with Crippen LogP contribution in [0.25, 0.3) is 10.2 Å². The predicted octanol–water partition coefficient (Wildman–Crippen LogP) is 4.14. The third-order valence-electron chi connectivity index (χ3n) is 4.46. The van der Waals surface area contributed by atoms with Crippen LogP contribution in [0.5, 0.6) is 0 Å². The van der Waals surface area contributed by atoms with E-state index in [0.717, 1.165) is 47.7 Å². The second-order valence-corrected chi connectivity index (χ2v) is 7.53. The molecule has 0 spiro atoms. The van der Waals surface area contributed by atoms with Gasteiger partial charge in [-0.3, -0.25) is 25.0 Å². The van der Waals surface area contributed by atoms with Gasteiger partial charge >= 0.3 is 0 Å². The molecule has 3 rings (SSSR count). The van der Waals surface area contributed by atoms with Crippen molar-refractivity contribution in [2.24, 2.45) is 12.0 Å². The van der Waals surface area contributed by atoms with E-state index in [0.29, 0.717) is 4.80 Å². The molecule has 9 nitrogen and oxygen atoms in total. The zero-order valence-electron chi connectivity index (χ0n) is 15.8. The number of benzene rings is 2. The third-order valence-corrected chi connectivity index (χ3v) is 5.56. The van der Waals surface area contributed by atoms with Crippen LogP contribution in [0.15, 0.2) is 41.4 Å². The molecule has 29 heavy (non-hydrogen) atoms. The van der Waals surface area contributed by atoms with Gasteiger partial charge in [-0.2, -0.15) is 4.99 Å². The van der Waals surface area contributed by atoms with Gasteiger partial charge in [-0.05, 0) is 30.5 Å². The summed E-state index contributed by atoms with van der Waals surface area (Å²) in [4.78, 5) is 37.5. The number of hydrogen-bond acceptors (Lipinski definition) is 6. The van der Waals surface area contributed by atoms with Gasteiger partial charge in [0, 0.05) is 19.2 Å². The summed E-state index contributed by atoms with van der Waals surface area (Å²) < 4.78 is 2.73. The van der Waals surface area contributed by atoms with Crippen LogP contribution in [-0.2, 0) is 13.5 Å². The highest BCUT2D eigenvalue weighted by atomic mass is 32.1. The van der Waals surface area contributed by atoms with E-state index >= 15 is 0 Å². The van der Waals surface area contributed by atoms with E-state index < -0.39 is 27.1 Å². The molecule has 0 radical (unpaired) electrons. The summed E-state index contributed by atoms with van der Waals surface area (Å²) in [5.41, 5.74) is 0.852. The van der Waals surface area contributed by atoms with Crippen LogP contribution in [0.1, 0.15) is 35.7 Å². The summed E-state index contributed by atoms with van der Waals surface area (Å²) in [6.45, 7) is 2.13. The molecule has 3 aromatic rings. The van der Waals surface area contributed by atoms with Crippen molar-refractivity contribution < 1.29 is 14.6 Å². The van der Waals surface area contributed by atoms with Crippen LogP contribution in [0.4, 0.5) is 11.4 Å². The van der Waals surface area contributed by atoms with E-state index in [4.69, 9.17) is 0 Å². The van der Waals surface area contributed by atoms with Gasteiger partial charge < -0.3 is 4.57 Å². The first kappa shape index (κ1) is 20.3. The Morgan fingerprint density at radius 1 is 1.10 bits per heavy atom. The summed E-state index contributed by atoms with van der Waals surface area (Å²) in [5.74, 6) is -0.773. The summed E-state index contributed by atoms with van der Waals surface area (Å²) in [6, 6.07) is 8.88. The Kier molecular flexibility index (Phi) is 5.83. The summed E-state index contributed by atoms with van der Waals surface area (Å²) in [6.07, 6.45) is 3.15. The second-order valence-electron chi connectivity index (χ2n) is 6.52. The van der Waals surface area contributed by atoms with Crippen LogP contribution in [0.2, 0.25) is 0 Å². The van der Waals surface area contributed by atoms with Gasteiger partial charge in [0.25, 0.3) is 17.3 Å². The van der Waals surface area contributed by atoms with Gasteiger partial charge in [0.15, 0.2) is 4.80 Å². The second kappa shape index (κ2) is 8.31. The molecule has 0 unspecified atom stereocenters. The maximum atomic E-state index is 12.6. The highest BCUT2D eigenvalue weighted by molar-refractivity contribution is 7.16. The van der Waals surface area contributed by atoms with Crippen LogP contribution in [0.3, 0.4) is 0 Å². The summed E-state index contributed by atoms with van der Waals surface area (Å²) >= 11 is 1.32. The fourth-order valence-corrected chi connectivity index (χ4v) is 3.98. The molecule has 0 fully saturated rings. The number of fused-ring (bicyclic) bond motifs is 1. The minimum absolute atomic E-state index is 0.202. The Bertz CT molecular complexity index is 1160. The van der Waals surface area contributed by atoms with Gasteiger partial charge in [-0.25, -0.2) is 0 Å². The average molecular weight is 414 g/mol. The van der Waals surface area contributed by atoms with E-state index in [1.165, 1.54) is 16.9 Å². The molecule has 0 aliphatic heterocycles. The molecule has 10 heteroatoms. The molecule has 1 aromatic heterocycles. The van der Waals surface area contributed by atoms with Crippen LogP contribution >= 0.6 is 11.3 Å². The van der Waals surface area contributed by atoms with Crippen molar-refractivity contribution >= 4 is 38.8 Å². The lowest BCUT2D eigenvalue weighted by atomic mass is 10.1. The number of nitro benzene ring substituents is 2. The Balaban J connectivity index is 2.04. The van der Waals surface area contributed by atoms with Crippen molar-refractivity contribution in [1.82, 2.24) is 4.57 Å². The number of thiazole rings is 1. The fraction of sp³-hybridized carbons (Fsp3) is 0.263. The third kappa shape index (κ3) is 4.37. The normalized spacial score (nSPS) is 11.7. The van der Waals surface area contributed by atoms with Crippen LogP contribution in [0, 0.1) is 20.2 Å². The standard InChI is InChI=1S/C19H18N4O5S/c1-3-4-5-12-6-7-16-17(8-12)29-19(21(16)2)20-18(24)13-9-14(22(25)26)11-15(10-13)23(27)28/h6-11H,3-5H2,1-2H3. The predicted molar refractivity (Wildman–Crippen MR) is 109 cm³/mol. The minimum atomic E-state index is -0.777. The monoisotopic (exact) mass is 414 g/mol. The van der Waals surface area contributed by atoms with Crippen molar-refractivity contribution in [2.75, 3.05) is 0 Å². The molecular weight excluding hydrogens is 396 g/mol. The number of unbranched alkanes of at least 4 members (excludes halogenated alkanes) is 1. The summed E-state index contributed by atoms with van der Waals surface area (Å²) in [7, 11) is 1.77. The number of nitro groups is 2. The lowest BCUT2D eigenvalue weighted by Gasteiger charge is -2.00. The van der Waals surface area contributed by atoms with Crippen LogP contribution < -0.4 is 4.80 Å². The molecule has 0 bridgehead atoms. The van der Waals surface area contributed by atoms with E-state index in [1.54, 1.807) is 11.6 Å². The minimum Gasteiger partial charge on any atom is -0.319 e. The molecular formula is C19H18N4O5S. The van der Waals surface area contributed by atoms with E-state index in [1.807, 2.05) is 12.1 Å². The van der Waals surface area contributed by atoms with E-state index in [9.17, 15) is 25.0 Å². The van der Waals surface area contributed by atoms with Crippen molar-refractivity contribution in [3.8, 4) is 0 Å². The Morgan fingerprint density at radius 3 is 2.34 bits per heavy atom. The highest BCUT2D eigenvalue weighted by Gasteiger charge is 2.20. The van der Waals surface area contributed by atoms with Gasteiger partial charge in [-0.15, -0.1) is 0 Å². The quantitative estimate of drug-likeness (QED) is 0.443. The molecule has 0 aliphatic rings. The Morgan fingerprint density at radius 2 is 1.76 bits per heavy atom. The summed E-state index contributed by atoms with van der Waals surface area (Å²) in [5, 5.41) is 22.1. The smallest absolute Gasteiger partial charge is 0.280 e. The first-order valence-electron chi connectivity index (χ1n) is 8.91. The molecule has 0 aliphatic carbocycles. The number of non-ortho nitro benzene ring substituents is 2. The number of aromatic nitrogens is 1. The molecule has 0 saturated heterocycles. The maximum Gasteiger partial charge on any atom is 0.280 e. The zero-order chi connectivity index (χ0) is 21.1. The van der Waals surface area contributed by atoms with Gasteiger partial charge in [-0.1, -0.05) is 30.7 Å².